The molecule has 0 saturated carbocycles. The maximum atomic E-state index is 5.71. The number of rotatable bonds is 4. The van der Waals surface area contributed by atoms with Gasteiger partial charge in [0.1, 0.15) is 11.6 Å². The van der Waals surface area contributed by atoms with Gasteiger partial charge in [-0.2, -0.15) is 0 Å². The molecular weight excluding hydrogens is 310 g/mol. The Morgan fingerprint density at radius 2 is 1.56 bits per heavy atom. The minimum absolute atomic E-state index is 0.0545. The number of ether oxygens (including phenoxy) is 1. The van der Waals surface area contributed by atoms with Gasteiger partial charge >= 0.3 is 0 Å². The van der Waals surface area contributed by atoms with Crippen LogP contribution in [0.15, 0.2) is 60.9 Å². The summed E-state index contributed by atoms with van der Waals surface area (Å²) in [4.78, 5) is 9.06. The third kappa shape index (κ3) is 3.97. The summed E-state index contributed by atoms with van der Waals surface area (Å²) in [6.45, 7) is 6.28. The summed E-state index contributed by atoms with van der Waals surface area (Å²) in [7, 11) is 1.69. The molecule has 0 aliphatic rings. The van der Waals surface area contributed by atoms with Crippen molar-refractivity contribution >= 4 is 5.82 Å². The Labute approximate surface area is 148 Å². The van der Waals surface area contributed by atoms with Crippen LogP contribution in [0.5, 0.6) is 5.75 Å². The van der Waals surface area contributed by atoms with Gasteiger partial charge in [-0.25, -0.2) is 4.98 Å². The maximum Gasteiger partial charge on any atom is 0.144 e. The Morgan fingerprint density at radius 1 is 0.840 bits per heavy atom. The Kier molecular flexibility index (Phi) is 4.70. The summed E-state index contributed by atoms with van der Waals surface area (Å²) in [5, 5.41) is 3.32. The zero-order chi connectivity index (χ0) is 17.9. The molecule has 0 fully saturated rings. The predicted octanol–water partition coefficient (Wildman–Crippen LogP) is 5.03. The Bertz CT molecular complexity index is 837. The first kappa shape index (κ1) is 17.0. The lowest BCUT2D eigenvalue weighted by atomic mass is 10.00. The van der Waals surface area contributed by atoms with E-state index in [1.807, 2.05) is 30.3 Å². The van der Waals surface area contributed by atoms with E-state index in [1.54, 1.807) is 19.5 Å². The lowest BCUT2D eigenvalue weighted by molar-refractivity contribution is 0.418. The largest absolute Gasteiger partial charge is 0.495 e. The van der Waals surface area contributed by atoms with Gasteiger partial charge in [-0.3, -0.25) is 4.98 Å². The summed E-state index contributed by atoms with van der Waals surface area (Å²) in [6.07, 6.45) is 3.54. The highest BCUT2D eigenvalue weighted by Gasteiger charge is 2.15. The number of nitrogens with one attached hydrogen (secondary N) is 1. The molecule has 2 aromatic carbocycles. The fraction of sp³-hybridized carbons (Fsp3) is 0.238. The molecule has 3 aromatic rings. The monoisotopic (exact) mass is 333 g/mol. The van der Waals surface area contributed by atoms with Crippen LogP contribution in [0.2, 0.25) is 0 Å². The van der Waals surface area contributed by atoms with Gasteiger partial charge in [0.15, 0.2) is 0 Å². The number of hydrogen-bond donors (Lipinski definition) is 1. The van der Waals surface area contributed by atoms with E-state index in [-0.39, 0.29) is 5.54 Å². The van der Waals surface area contributed by atoms with Gasteiger partial charge in [-0.1, -0.05) is 42.5 Å². The van der Waals surface area contributed by atoms with E-state index in [2.05, 4.69) is 54.3 Å². The molecule has 0 saturated heterocycles. The molecule has 0 atom stereocenters. The Morgan fingerprint density at radius 3 is 2.16 bits per heavy atom. The molecule has 25 heavy (non-hydrogen) atoms. The molecule has 0 spiro atoms. The van der Waals surface area contributed by atoms with E-state index in [9.17, 15) is 0 Å². The lowest BCUT2D eigenvalue weighted by Gasteiger charge is -2.21. The average Bonchev–Trinajstić information content (AvgIpc) is 2.61. The number of anilines is 1. The highest BCUT2D eigenvalue weighted by Crippen LogP contribution is 2.37. The fourth-order valence-electron chi connectivity index (χ4n) is 2.72. The first-order valence-corrected chi connectivity index (χ1v) is 8.31. The Balaban J connectivity index is 2.00. The molecule has 0 amide bonds. The summed E-state index contributed by atoms with van der Waals surface area (Å²) in [5.74, 6) is 1.56. The van der Waals surface area contributed by atoms with E-state index in [0.717, 1.165) is 34.0 Å². The highest BCUT2D eigenvalue weighted by molar-refractivity contribution is 5.81. The van der Waals surface area contributed by atoms with Crippen LogP contribution in [-0.4, -0.2) is 22.6 Å². The lowest BCUT2D eigenvalue weighted by Crippen LogP contribution is -2.26. The van der Waals surface area contributed by atoms with E-state index in [4.69, 9.17) is 4.74 Å². The van der Waals surface area contributed by atoms with Crippen LogP contribution >= 0.6 is 0 Å². The molecule has 1 aromatic heterocycles. The quantitative estimate of drug-likeness (QED) is 0.727. The van der Waals surface area contributed by atoms with Crippen LogP contribution in [0.4, 0.5) is 5.82 Å². The molecule has 0 aliphatic heterocycles. The van der Waals surface area contributed by atoms with Crippen molar-refractivity contribution in [3.8, 4) is 28.1 Å². The molecule has 1 N–H and O–H groups in total. The maximum absolute atomic E-state index is 5.71. The van der Waals surface area contributed by atoms with Gasteiger partial charge in [0, 0.05) is 16.7 Å². The van der Waals surface area contributed by atoms with Crippen molar-refractivity contribution in [3.05, 3.63) is 60.9 Å². The van der Waals surface area contributed by atoms with E-state index in [1.165, 1.54) is 0 Å². The van der Waals surface area contributed by atoms with Crippen LogP contribution in [0.1, 0.15) is 20.8 Å². The molecule has 0 unspecified atom stereocenters. The number of aromatic nitrogens is 2. The Hall–Kier alpha value is -2.88. The van der Waals surface area contributed by atoms with Gasteiger partial charge in [-0.15, -0.1) is 0 Å². The highest BCUT2D eigenvalue weighted by atomic mass is 16.5. The first-order chi connectivity index (χ1) is 12.0. The van der Waals surface area contributed by atoms with Crippen LogP contribution in [-0.2, 0) is 0 Å². The molecule has 3 rings (SSSR count). The van der Waals surface area contributed by atoms with E-state index in [0.29, 0.717) is 0 Å². The van der Waals surface area contributed by atoms with Crippen LogP contribution in [0.25, 0.3) is 22.4 Å². The van der Waals surface area contributed by atoms with Crippen LogP contribution < -0.4 is 10.1 Å². The SMILES string of the molecule is COc1c(-c2ccccc2)cccc1-c1cnc(NC(C)(C)C)cn1. The van der Waals surface area contributed by atoms with Gasteiger partial charge in [0.25, 0.3) is 0 Å². The number of benzene rings is 2. The van der Waals surface area contributed by atoms with Crippen molar-refractivity contribution in [2.75, 3.05) is 12.4 Å². The number of hydrogen-bond acceptors (Lipinski definition) is 4. The van der Waals surface area contributed by atoms with Crippen molar-refractivity contribution in [1.82, 2.24) is 9.97 Å². The first-order valence-electron chi connectivity index (χ1n) is 8.31. The third-order valence-corrected chi connectivity index (χ3v) is 3.73. The smallest absolute Gasteiger partial charge is 0.144 e. The molecule has 1 heterocycles. The number of para-hydroxylation sites is 1. The van der Waals surface area contributed by atoms with Gasteiger partial charge < -0.3 is 10.1 Å². The molecule has 0 radical (unpaired) electrons. The second-order valence-electron chi connectivity index (χ2n) is 6.91. The standard InChI is InChI=1S/C21H23N3O/c1-21(2,3)24-19-14-22-18(13-23-19)17-12-8-11-16(20(17)25-4)15-9-6-5-7-10-15/h5-14H,1-4H3,(H,23,24). The summed E-state index contributed by atoms with van der Waals surface area (Å²) in [6, 6.07) is 16.3. The minimum Gasteiger partial charge on any atom is -0.495 e. The fourth-order valence-corrected chi connectivity index (χ4v) is 2.72. The zero-order valence-corrected chi connectivity index (χ0v) is 15.1. The van der Waals surface area contributed by atoms with Crippen LogP contribution in [0, 0.1) is 0 Å². The van der Waals surface area contributed by atoms with E-state index >= 15 is 0 Å². The third-order valence-electron chi connectivity index (χ3n) is 3.73. The van der Waals surface area contributed by atoms with Crippen molar-refractivity contribution in [2.45, 2.75) is 26.3 Å². The minimum atomic E-state index is -0.0545. The normalized spacial score (nSPS) is 11.2. The molecular formula is C21H23N3O. The number of nitrogens with zero attached hydrogens (tertiary/aromatic N) is 2. The molecule has 0 aliphatic carbocycles. The second-order valence-corrected chi connectivity index (χ2v) is 6.91. The summed E-state index contributed by atoms with van der Waals surface area (Å²) < 4.78 is 5.71. The molecule has 0 bridgehead atoms. The van der Waals surface area contributed by atoms with Crippen molar-refractivity contribution in [3.63, 3.8) is 0 Å². The van der Waals surface area contributed by atoms with Crippen molar-refractivity contribution < 1.29 is 4.74 Å². The molecule has 4 heteroatoms. The number of methoxy groups -OCH3 is 1. The molecule has 4 nitrogen and oxygen atoms in total. The molecule has 128 valence electrons. The summed E-state index contributed by atoms with van der Waals surface area (Å²) in [5.41, 5.74) is 3.81. The van der Waals surface area contributed by atoms with E-state index < -0.39 is 0 Å². The summed E-state index contributed by atoms with van der Waals surface area (Å²) >= 11 is 0. The topological polar surface area (TPSA) is 47.0 Å². The predicted molar refractivity (Wildman–Crippen MR) is 103 cm³/mol. The zero-order valence-electron chi connectivity index (χ0n) is 15.1. The van der Waals surface area contributed by atoms with Crippen molar-refractivity contribution in [1.29, 1.82) is 0 Å². The van der Waals surface area contributed by atoms with Crippen LogP contribution in [0.3, 0.4) is 0 Å². The van der Waals surface area contributed by atoms with Crippen molar-refractivity contribution in [2.24, 2.45) is 0 Å². The second kappa shape index (κ2) is 6.93. The average molecular weight is 333 g/mol. The van der Waals surface area contributed by atoms with Gasteiger partial charge in [0.05, 0.1) is 25.2 Å². The van der Waals surface area contributed by atoms with Gasteiger partial charge in [-0.05, 0) is 32.4 Å². The van der Waals surface area contributed by atoms with Gasteiger partial charge in [0.2, 0.25) is 0 Å².